The van der Waals surface area contributed by atoms with Crippen LogP contribution >= 0.6 is 0 Å². The molecule has 1 aliphatic rings. The number of nitrogens with two attached hydrogens (primary N) is 1. The third-order valence-corrected chi connectivity index (χ3v) is 3.38. The largest absolute Gasteiger partial charge is 0.476 e. The van der Waals surface area contributed by atoms with E-state index in [0.29, 0.717) is 18.5 Å². The maximum absolute atomic E-state index is 5.75. The molecule has 2 heterocycles. The van der Waals surface area contributed by atoms with Crippen molar-refractivity contribution in [1.29, 1.82) is 0 Å². The molecule has 0 bridgehead atoms. The number of ether oxygens (including phenoxy) is 1. The molecule has 1 fully saturated rings. The molecule has 0 radical (unpaired) electrons. The van der Waals surface area contributed by atoms with Crippen LogP contribution in [-0.4, -0.2) is 36.1 Å². The van der Waals surface area contributed by atoms with Crippen LogP contribution in [0, 0.1) is 0 Å². The molecule has 1 aromatic heterocycles. The molecule has 1 aromatic rings. The summed E-state index contributed by atoms with van der Waals surface area (Å²) in [5.41, 5.74) is 6.65. The van der Waals surface area contributed by atoms with E-state index in [0.717, 1.165) is 12.2 Å². The molecule has 0 spiro atoms. The van der Waals surface area contributed by atoms with Crippen LogP contribution in [0.2, 0.25) is 0 Å². The second-order valence-electron chi connectivity index (χ2n) is 4.65. The SMILES string of the molecule is CN1CCCCC1COc1cc(CN)ccn1. The van der Waals surface area contributed by atoms with E-state index in [1.807, 2.05) is 12.1 Å². The summed E-state index contributed by atoms with van der Waals surface area (Å²) < 4.78 is 5.75. The predicted octanol–water partition coefficient (Wildman–Crippen LogP) is 1.40. The lowest BCUT2D eigenvalue weighted by molar-refractivity contribution is 0.122. The van der Waals surface area contributed by atoms with Crippen LogP contribution in [-0.2, 0) is 6.54 Å². The zero-order chi connectivity index (χ0) is 12.1. The summed E-state index contributed by atoms with van der Waals surface area (Å²) in [6.45, 7) is 2.42. The highest BCUT2D eigenvalue weighted by Gasteiger charge is 2.19. The standard InChI is InChI=1S/C13H21N3O/c1-16-7-3-2-4-12(16)10-17-13-8-11(9-14)5-6-15-13/h5-6,8,12H,2-4,7,9-10,14H2,1H3. The highest BCUT2D eigenvalue weighted by molar-refractivity contribution is 5.20. The van der Waals surface area contributed by atoms with Crippen molar-refractivity contribution in [3.8, 4) is 5.88 Å². The van der Waals surface area contributed by atoms with Crippen molar-refractivity contribution in [3.63, 3.8) is 0 Å². The van der Waals surface area contributed by atoms with E-state index >= 15 is 0 Å². The lowest BCUT2D eigenvalue weighted by atomic mass is 10.0. The van der Waals surface area contributed by atoms with E-state index in [1.165, 1.54) is 25.8 Å². The van der Waals surface area contributed by atoms with Gasteiger partial charge in [-0.15, -0.1) is 0 Å². The Hall–Kier alpha value is -1.13. The Morgan fingerprint density at radius 2 is 2.41 bits per heavy atom. The van der Waals surface area contributed by atoms with Crippen molar-refractivity contribution >= 4 is 0 Å². The van der Waals surface area contributed by atoms with Crippen LogP contribution in [0.25, 0.3) is 0 Å². The molecule has 4 heteroatoms. The smallest absolute Gasteiger partial charge is 0.213 e. The van der Waals surface area contributed by atoms with Gasteiger partial charge in [0.2, 0.25) is 5.88 Å². The summed E-state index contributed by atoms with van der Waals surface area (Å²) >= 11 is 0. The topological polar surface area (TPSA) is 51.4 Å². The third kappa shape index (κ3) is 3.41. The number of aromatic nitrogens is 1. The van der Waals surface area contributed by atoms with Crippen LogP contribution in [0.15, 0.2) is 18.3 Å². The van der Waals surface area contributed by atoms with Crippen LogP contribution in [0.5, 0.6) is 5.88 Å². The van der Waals surface area contributed by atoms with E-state index in [4.69, 9.17) is 10.5 Å². The highest BCUT2D eigenvalue weighted by Crippen LogP contribution is 2.16. The number of hydrogen-bond acceptors (Lipinski definition) is 4. The van der Waals surface area contributed by atoms with E-state index in [2.05, 4.69) is 16.9 Å². The fourth-order valence-corrected chi connectivity index (χ4v) is 2.19. The maximum atomic E-state index is 5.75. The van der Waals surface area contributed by atoms with E-state index in [-0.39, 0.29) is 0 Å². The zero-order valence-corrected chi connectivity index (χ0v) is 10.4. The average Bonchev–Trinajstić information content (AvgIpc) is 2.38. The summed E-state index contributed by atoms with van der Waals surface area (Å²) in [5.74, 6) is 0.687. The van der Waals surface area contributed by atoms with Crippen molar-refractivity contribution < 1.29 is 4.74 Å². The molecule has 1 saturated heterocycles. The normalized spacial score (nSPS) is 21.4. The van der Waals surface area contributed by atoms with Crippen molar-refractivity contribution in [2.45, 2.75) is 31.8 Å². The number of hydrogen-bond donors (Lipinski definition) is 1. The Morgan fingerprint density at radius 3 is 3.18 bits per heavy atom. The maximum Gasteiger partial charge on any atom is 0.213 e. The van der Waals surface area contributed by atoms with Crippen LogP contribution < -0.4 is 10.5 Å². The van der Waals surface area contributed by atoms with Gasteiger partial charge in [0.15, 0.2) is 0 Å². The fraction of sp³-hybridized carbons (Fsp3) is 0.615. The summed E-state index contributed by atoms with van der Waals surface area (Å²) in [6.07, 6.45) is 5.57. The van der Waals surface area contributed by atoms with Gasteiger partial charge in [-0.1, -0.05) is 6.42 Å². The average molecular weight is 235 g/mol. The zero-order valence-electron chi connectivity index (χ0n) is 10.4. The quantitative estimate of drug-likeness (QED) is 0.857. The number of piperidine rings is 1. The Morgan fingerprint density at radius 1 is 1.53 bits per heavy atom. The van der Waals surface area contributed by atoms with Gasteiger partial charge in [0, 0.05) is 24.8 Å². The molecule has 0 aromatic carbocycles. The Balaban J connectivity index is 1.88. The van der Waals surface area contributed by atoms with Gasteiger partial charge in [-0.05, 0) is 38.1 Å². The first-order valence-electron chi connectivity index (χ1n) is 6.27. The Bertz CT molecular complexity index is 356. The van der Waals surface area contributed by atoms with Gasteiger partial charge in [0.1, 0.15) is 6.61 Å². The molecule has 0 saturated carbocycles. The first-order valence-corrected chi connectivity index (χ1v) is 6.27. The van der Waals surface area contributed by atoms with Gasteiger partial charge >= 0.3 is 0 Å². The summed E-state index contributed by atoms with van der Waals surface area (Å²) in [5, 5.41) is 0. The molecular formula is C13H21N3O. The summed E-state index contributed by atoms with van der Waals surface area (Å²) in [7, 11) is 2.16. The highest BCUT2D eigenvalue weighted by atomic mass is 16.5. The molecule has 0 amide bonds. The van der Waals surface area contributed by atoms with E-state index in [9.17, 15) is 0 Å². The number of likely N-dealkylation sites (tertiary alicyclic amines) is 1. The van der Waals surface area contributed by atoms with Gasteiger partial charge in [-0.25, -0.2) is 4.98 Å². The number of likely N-dealkylation sites (N-methyl/N-ethyl adjacent to an activating group) is 1. The molecule has 4 nitrogen and oxygen atoms in total. The first kappa shape index (κ1) is 12.3. The van der Waals surface area contributed by atoms with Crippen LogP contribution in [0.3, 0.4) is 0 Å². The Labute approximate surface area is 103 Å². The fourth-order valence-electron chi connectivity index (χ4n) is 2.19. The Kier molecular flexibility index (Phi) is 4.34. The first-order chi connectivity index (χ1) is 8.29. The van der Waals surface area contributed by atoms with Crippen LogP contribution in [0.4, 0.5) is 0 Å². The van der Waals surface area contributed by atoms with Gasteiger partial charge in [-0.2, -0.15) is 0 Å². The molecule has 0 aliphatic carbocycles. The molecule has 1 unspecified atom stereocenters. The number of nitrogens with zero attached hydrogens (tertiary/aromatic N) is 2. The monoisotopic (exact) mass is 235 g/mol. The van der Waals surface area contributed by atoms with Gasteiger partial charge in [0.05, 0.1) is 0 Å². The molecule has 2 N–H and O–H groups in total. The van der Waals surface area contributed by atoms with Crippen molar-refractivity contribution in [1.82, 2.24) is 9.88 Å². The predicted molar refractivity (Wildman–Crippen MR) is 67.9 cm³/mol. The van der Waals surface area contributed by atoms with Crippen molar-refractivity contribution in [3.05, 3.63) is 23.9 Å². The van der Waals surface area contributed by atoms with E-state index < -0.39 is 0 Å². The molecule has 94 valence electrons. The second-order valence-corrected chi connectivity index (χ2v) is 4.65. The molecule has 1 atom stereocenters. The van der Waals surface area contributed by atoms with Crippen LogP contribution in [0.1, 0.15) is 24.8 Å². The van der Waals surface area contributed by atoms with Crippen molar-refractivity contribution in [2.75, 3.05) is 20.2 Å². The van der Waals surface area contributed by atoms with Crippen molar-refractivity contribution in [2.24, 2.45) is 5.73 Å². The molecule has 17 heavy (non-hydrogen) atoms. The van der Waals surface area contributed by atoms with Gasteiger partial charge < -0.3 is 15.4 Å². The molecule has 2 rings (SSSR count). The minimum absolute atomic E-state index is 0.520. The lowest BCUT2D eigenvalue weighted by Crippen LogP contribution is -2.40. The molecule has 1 aliphatic heterocycles. The minimum Gasteiger partial charge on any atom is -0.476 e. The minimum atomic E-state index is 0.520. The van der Waals surface area contributed by atoms with Gasteiger partial charge in [0.25, 0.3) is 0 Å². The van der Waals surface area contributed by atoms with E-state index in [1.54, 1.807) is 6.20 Å². The lowest BCUT2D eigenvalue weighted by Gasteiger charge is -2.31. The number of pyridine rings is 1. The van der Waals surface area contributed by atoms with Gasteiger partial charge in [-0.3, -0.25) is 0 Å². The summed E-state index contributed by atoms with van der Waals surface area (Å²) in [4.78, 5) is 6.57. The molecular weight excluding hydrogens is 214 g/mol. The third-order valence-electron chi connectivity index (χ3n) is 3.38. The second kappa shape index (κ2) is 5.98. The summed E-state index contributed by atoms with van der Waals surface area (Å²) in [6, 6.07) is 4.36. The number of rotatable bonds is 4.